The number of aliphatic hydroxyl groups is 1. The lowest BCUT2D eigenvalue weighted by Crippen LogP contribution is -2.45. The molecule has 9 rings (SSSR count). The molecule has 5 atom stereocenters. The molecule has 576 valence electrons. The molecule has 1 unspecified atom stereocenters. The zero-order chi connectivity index (χ0) is 76.0. The number of amides is 7. The molecule has 2 aliphatic carbocycles. The SMILES string of the molecule is C=C1OCc2c(cc3n(c2=O)Cc2c-3nc3cc(F)c(C)c4c3c2[C@@H](NC(=O)COCCC(=O)CNC(=O)OCc2ccc(NC(=O)[C@H](CCCNC(N)=O)CC(=O)[C@@H](NC(=O)CCOCCOCCOCCOCCNC(=O)COC3CCCCCc5nnn(C(C)C)c53)C(C)C)cc2)CC4)[C@@]1(O)CC. The fraction of sp³-hybridized carbons (Fsp3) is 0.573. The molecule has 30 nitrogen and oxygen atoms in total. The number of aromatic nitrogens is 5. The van der Waals surface area contributed by atoms with Crippen LogP contribution in [0, 0.1) is 24.6 Å². The number of carbonyl (C=O) groups is 8. The van der Waals surface area contributed by atoms with Crippen LogP contribution in [0.25, 0.3) is 22.3 Å². The number of Topliss-reactive ketones (excluding diaryl/α,β-unsaturated/α-hetero) is 2. The number of halogens is 1. The van der Waals surface area contributed by atoms with Crippen LogP contribution in [0.5, 0.6) is 0 Å². The smallest absolute Gasteiger partial charge is 0.407 e. The van der Waals surface area contributed by atoms with E-state index in [1.807, 2.05) is 4.68 Å². The summed E-state index contributed by atoms with van der Waals surface area (Å²) in [4.78, 5) is 123. The van der Waals surface area contributed by atoms with Crippen molar-refractivity contribution in [1.82, 2.24) is 51.1 Å². The predicted molar refractivity (Wildman–Crippen MR) is 385 cm³/mol. The van der Waals surface area contributed by atoms with Gasteiger partial charge < -0.3 is 85.2 Å². The molecule has 0 fully saturated rings. The number of ketones is 2. The molecule has 2 aromatic carbocycles. The number of nitrogens with one attached hydrogen (secondary N) is 6. The van der Waals surface area contributed by atoms with Crippen LogP contribution in [0.15, 0.2) is 53.5 Å². The molecule has 106 heavy (non-hydrogen) atoms. The van der Waals surface area contributed by atoms with Gasteiger partial charge in [-0.3, -0.25) is 33.6 Å². The topological polar surface area (TPSA) is 394 Å². The highest BCUT2D eigenvalue weighted by molar-refractivity contribution is 5.98. The normalized spacial score (nSPS) is 17.0. The fourth-order valence-corrected chi connectivity index (χ4v) is 13.6. The molecule has 0 spiro atoms. The molecular weight excluding hydrogens is 1380 g/mol. The van der Waals surface area contributed by atoms with Gasteiger partial charge in [0, 0.05) is 72.6 Å². The number of pyridine rings is 2. The molecule has 2 aliphatic heterocycles. The van der Waals surface area contributed by atoms with Crippen molar-refractivity contribution in [2.24, 2.45) is 17.6 Å². The molecule has 31 heteroatoms. The van der Waals surface area contributed by atoms with Gasteiger partial charge in [-0.2, -0.15) is 0 Å². The van der Waals surface area contributed by atoms with Crippen molar-refractivity contribution in [1.29, 1.82) is 0 Å². The van der Waals surface area contributed by atoms with Crippen LogP contribution in [0.4, 0.5) is 19.7 Å². The third kappa shape index (κ3) is 21.4. The van der Waals surface area contributed by atoms with Gasteiger partial charge in [-0.25, -0.2) is 23.6 Å². The lowest BCUT2D eigenvalue weighted by Gasteiger charge is -2.35. The molecule has 3 aromatic heterocycles. The number of primary amides is 1. The quantitative estimate of drug-likeness (QED) is 0.0197. The Kier molecular flexibility index (Phi) is 29.8. The first-order valence-electron chi connectivity index (χ1n) is 36.6. The highest BCUT2D eigenvalue weighted by Crippen LogP contribution is 2.47. The Morgan fingerprint density at radius 3 is 2.24 bits per heavy atom. The van der Waals surface area contributed by atoms with Crippen molar-refractivity contribution >= 4 is 63.9 Å². The summed E-state index contributed by atoms with van der Waals surface area (Å²) in [6.07, 6.45) is 4.89. The van der Waals surface area contributed by atoms with Gasteiger partial charge in [-0.05, 0) is 119 Å². The Morgan fingerprint density at radius 2 is 1.53 bits per heavy atom. The van der Waals surface area contributed by atoms with Gasteiger partial charge >= 0.3 is 12.1 Å². The summed E-state index contributed by atoms with van der Waals surface area (Å²) in [6.45, 7) is 16.6. The Bertz CT molecular complexity index is 4030. The number of benzene rings is 2. The minimum absolute atomic E-state index is 0.0298. The monoisotopic (exact) mass is 1480 g/mol. The Morgan fingerprint density at radius 1 is 0.811 bits per heavy atom. The number of alkyl carbamates (subject to hydrolysis) is 1. The van der Waals surface area contributed by atoms with Gasteiger partial charge in [-0.1, -0.05) is 57.5 Å². The number of rotatable bonds is 41. The molecule has 0 bridgehead atoms. The number of urea groups is 1. The van der Waals surface area contributed by atoms with Crippen molar-refractivity contribution < 1.29 is 85.7 Å². The molecule has 0 radical (unpaired) electrons. The van der Waals surface area contributed by atoms with Crippen molar-refractivity contribution in [3.05, 3.63) is 115 Å². The van der Waals surface area contributed by atoms with Gasteiger partial charge in [0.2, 0.25) is 23.6 Å². The summed E-state index contributed by atoms with van der Waals surface area (Å²) in [5.74, 6) is -3.83. The van der Waals surface area contributed by atoms with Crippen molar-refractivity contribution in [2.75, 3.05) is 97.6 Å². The third-order valence-corrected chi connectivity index (χ3v) is 19.4. The number of ether oxygens (including phenoxy) is 8. The predicted octanol–water partition coefficient (Wildman–Crippen LogP) is 6.24. The average molecular weight is 1480 g/mol. The van der Waals surface area contributed by atoms with Crippen LogP contribution in [-0.2, 0) is 105 Å². The van der Waals surface area contributed by atoms with E-state index in [-0.39, 0.29) is 139 Å². The van der Waals surface area contributed by atoms with E-state index in [2.05, 4.69) is 62.6 Å². The summed E-state index contributed by atoms with van der Waals surface area (Å²) in [6, 6.07) is 7.42. The van der Waals surface area contributed by atoms with E-state index in [0.717, 1.165) is 54.6 Å². The van der Waals surface area contributed by atoms with Gasteiger partial charge in [0.1, 0.15) is 49.7 Å². The molecule has 5 aromatic rings. The first-order chi connectivity index (χ1) is 50.9. The maximum Gasteiger partial charge on any atom is 0.407 e. The van der Waals surface area contributed by atoms with Gasteiger partial charge in [0.15, 0.2) is 11.6 Å². The van der Waals surface area contributed by atoms with E-state index in [4.69, 9.17) is 48.6 Å². The van der Waals surface area contributed by atoms with Crippen molar-refractivity contribution in [3.8, 4) is 11.4 Å². The molecule has 0 saturated carbocycles. The third-order valence-electron chi connectivity index (χ3n) is 19.4. The van der Waals surface area contributed by atoms with Crippen LogP contribution >= 0.6 is 0 Å². The molecule has 5 heterocycles. The Labute approximate surface area is 614 Å². The first kappa shape index (κ1) is 81.0. The number of hydrogen-bond acceptors (Lipinski definition) is 21. The minimum Gasteiger partial charge on any atom is -0.490 e. The second-order valence-electron chi connectivity index (χ2n) is 27.6. The Hall–Kier alpha value is -9.11. The number of nitrogens with zero attached hydrogens (tertiary/aromatic N) is 5. The number of aryl methyl sites for hydroxylation is 2. The maximum atomic E-state index is 15.4. The highest BCUT2D eigenvalue weighted by atomic mass is 19.1. The lowest BCUT2D eigenvalue weighted by atomic mass is 9.81. The molecule has 9 N–H and O–H groups in total. The van der Waals surface area contributed by atoms with E-state index < -0.39 is 71.7 Å². The first-order valence-corrected chi connectivity index (χ1v) is 36.6. The lowest BCUT2D eigenvalue weighted by molar-refractivity contribution is -0.131. The summed E-state index contributed by atoms with van der Waals surface area (Å²) in [5, 5.41) is 37.5. The summed E-state index contributed by atoms with van der Waals surface area (Å²) < 4.78 is 63.9. The summed E-state index contributed by atoms with van der Waals surface area (Å²) >= 11 is 0. The number of fused-ring (bicyclic) bond motifs is 6. The van der Waals surface area contributed by atoms with E-state index >= 15 is 4.39 Å². The zero-order valence-electron chi connectivity index (χ0n) is 61.4. The minimum atomic E-state index is -1.61. The van der Waals surface area contributed by atoms with Gasteiger partial charge in [0.25, 0.3) is 5.56 Å². The maximum absolute atomic E-state index is 15.4. The Balaban J connectivity index is 0.627. The van der Waals surface area contributed by atoms with E-state index in [9.17, 15) is 48.3 Å². The molecule has 7 amide bonds. The average Bonchev–Trinajstić information content (AvgIpc) is 1.50. The van der Waals surface area contributed by atoms with Crippen LogP contribution in [0.2, 0.25) is 0 Å². The van der Waals surface area contributed by atoms with Crippen LogP contribution in [-0.4, -0.2) is 175 Å². The van der Waals surface area contributed by atoms with Crippen LogP contribution in [0.3, 0.4) is 0 Å². The van der Waals surface area contributed by atoms with Gasteiger partial charge in [-0.15, -0.1) is 5.10 Å². The van der Waals surface area contributed by atoms with E-state index in [1.165, 1.54) is 6.07 Å². The molecular formula is C75H101FN12O18. The van der Waals surface area contributed by atoms with E-state index in [1.54, 1.807) is 62.6 Å². The number of carbonyl (C=O) groups excluding carboxylic acids is 8. The van der Waals surface area contributed by atoms with Crippen molar-refractivity contribution in [2.45, 2.75) is 175 Å². The van der Waals surface area contributed by atoms with Gasteiger partial charge in [0.05, 0.1) is 118 Å². The number of anilines is 1. The molecule has 0 saturated heterocycles. The number of nitrogens with two attached hydrogens (primary N) is 1. The van der Waals surface area contributed by atoms with Crippen LogP contribution < -0.4 is 43.2 Å². The standard InChI is InChI=1S/C75H101FN12O18/c1-8-75(98)47(7)104-41-54-55(75)36-60-69-53(39-87(60)72(54)95)67-57(21-20-52-46(6)56(76)37-59(83-69)66(52)67)82-65(93)42-103-26-22-51(89)38-80-74(97)106-40-48-16-18-50(19-17-48)81-71(94)49(13-12-24-79-73(77)96)35-61(90)68(44(2)3)84-63(91)23-27-99-29-31-101-33-34-102-32-30-100-28-25-78-64(92)43-105-62-15-11-9-10-14-58-70(62)88(45(4)5)86-85-58/h16-19,36-37,44-45,49,57,62,68,98H,7-15,20-35,38-43H2,1-6H3,(H,78,92)(H,80,97)(H,81,94)(H,82,93)(H,84,91)(H3,77,79,96)/t49-,57+,62?,68+,75-/m1/s1. The summed E-state index contributed by atoms with van der Waals surface area (Å²) in [5.41, 5.74) is 10.7. The fourth-order valence-electron chi connectivity index (χ4n) is 13.6. The van der Waals surface area contributed by atoms with Crippen LogP contribution in [0.1, 0.15) is 174 Å². The second kappa shape index (κ2) is 38.9. The van der Waals surface area contributed by atoms with E-state index in [0.29, 0.717) is 115 Å². The summed E-state index contributed by atoms with van der Waals surface area (Å²) in [7, 11) is 0. The second-order valence-corrected chi connectivity index (χ2v) is 27.6. The zero-order valence-corrected chi connectivity index (χ0v) is 61.4. The molecule has 4 aliphatic rings. The highest BCUT2D eigenvalue weighted by Gasteiger charge is 2.43. The van der Waals surface area contributed by atoms with Crippen molar-refractivity contribution in [3.63, 3.8) is 0 Å². The largest absolute Gasteiger partial charge is 0.490 e. The number of hydrogen-bond donors (Lipinski definition) is 8.